The van der Waals surface area contributed by atoms with Crippen molar-refractivity contribution in [1.29, 1.82) is 0 Å². The largest absolute Gasteiger partial charge is 0.481 e. The molecule has 1 N–H and O–H groups in total. The topological polar surface area (TPSA) is 74.7 Å². The predicted octanol–water partition coefficient (Wildman–Crippen LogP) is 2.69. The van der Waals surface area contributed by atoms with E-state index in [9.17, 15) is 14.4 Å². The van der Waals surface area contributed by atoms with E-state index < -0.39 is 11.9 Å². The highest BCUT2D eigenvalue weighted by Crippen LogP contribution is 2.34. The van der Waals surface area contributed by atoms with Gasteiger partial charge in [0, 0.05) is 10.5 Å². The first-order chi connectivity index (χ1) is 9.99. The summed E-state index contributed by atoms with van der Waals surface area (Å²) < 4.78 is 0.747. The van der Waals surface area contributed by atoms with Crippen LogP contribution in [0.25, 0.3) is 0 Å². The van der Waals surface area contributed by atoms with Crippen molar-refractivity contribution in [2.24, 2.45) is 5.92 Å². The zero-order valence-electron chi connectivity index (χ0n) is 11.2. The van der Waals surface area contributed by atoms with Gasteiger partial charge in [0.25, 0.3) is 11.8 Å². The first kappa shape index (κ1) is 14.3. The molecular weight excluding hydrogens is 338 g/mol. The van der Waals surface area contributed by atoms with Crippen molar-refractivity contribution in [3.8, 4) is 0 Å². The highest BCUT2D eigenvalue weighted by atomic mass is 79.9. The molecule has 3 rings (SSSR count). The van der Waals surface area contributed by atoms with Crippen LogP contribution in [0.4, 0.5) is 0 Å². The Morgan fingerprint density at radius 1 is 1.19 bits per heavy atom. The molecule has 1 saturated carbocycles. The van der Waals surface area contributed by atoms with Crippen molar-refractivity contribution >= 4 is 33.7 Å². The second-order valence-electron chi connectivity index (χ2n) is 5.53. The van der Waals surface area contributed by atoms with Crippen molar-refractivity contribution < 1.29 is 19.5 Å². The summed E-state index contributed by atoms with van der Waals surface area (Å²) in [6.45, 7) is 0. The van der Waals surface area contributed by atoms with Crippen LogP contribution in [-0.2, 0) is 4.79 Å². The number of carbonyl (C=O) groups excluding carboxylic acids is 2. The van der Waals surface area contributed by atoms with Gasteiger partial charge in [0.15, 0.2) is 0 Å². The first-order valence-corrected chi connectivity index (χ1v) is 7.68. The van der Waals surface area contributed by atoms with Gasteiger partial charge in [-0.1, -0.05) is 22.4 Å². The number of rotatable bonds is 2. The number of carbonyl (C=O) groups is 3. The Labute approximate surface area is 130 Å². The van der Waals surface area contributed by atoms with E-state index in [4.69, 9.17) is 5.11 Å². The molecule has 0 radical (unpaired) electrons. The normalized spacial score (nSPS) is 25.1. The van der Waals surface area contributed by atoms with E-state index in [0.29, 0.717) is 30.4 Å². The number of imide groups is 1. The summed E-state index contributed by atoms with van der Waals surface area (Å²) in [6.07, 6.45) is 2.36. The van der Waals surface area contributed by atoms with Gasteiger partial charge < -0.3 is 5.11 Å². The van der Waals surface area contributed by atoms with Gasteiger partial charge in [-0.2, -0.15) is 0 Å². The molecule has 6 heteroatoms. The lowest BCUT2D eigenvalue weighted by Crippen LogP contribution is -2.43. The third kappa shape index (κ3) is 2.37. The number of benzene rings is 1. The SMILES string of the molecule is O=C(O)C1CCCC(N2C(=O)c3ccc(Br)cc3C2=O)C1. The minimum Gasteiger partial charge on any atom is -0.481 e. The Hall–Kier alpha value is -1.69. The van der Waals surface area contributed by atoms with Crippen LogP contribution in [0.3, 0.4) is 0 Å². The summed E-state index contributed by atoms with van der Waals surface area (Å²) in [5.74, 6) is -1.94. The molecule has 2 unspecified atom stereocenters. The van der Waals surface area contributed by atoms with E-state index in [1.807, 2.05) is 0 Å². The van der Waals surface area contributed by atoms with Crippen LogP contribution < -0.4 is 0 Å². The molecule has 1 aliphatic heterocycles. The fourth-order valence-corrected chi connectivity index (χ4v) is 3.55. The number of aliphatic carboxylic acids is 1. The number of carboxylic acid groups (broad SMARTS) is 1. The van der Waals surface area contributed by atoms with Crippen LogP contribution in [0.1, 0.15) is 46.4 Å². The quantitative estimate of drug-likeness (QED) is 0.831. The number of fused-ring (bicyclic) bond motifs is 1. The fourth-order valence-electron chi connectivity index (χ4n) is 3.19. The lowest BCUT2D eigenvalue weighted by molar-refractivity contribution is -0.143. The number of halogens is 1. The molecule has 1 aliphatic carbocycles. The minimum atomic E-state index is -0.848. The van der Waals surface area contributed by atoms with Gasteiger partial charge in [-0.3, -0.25) is 19.3 Å². The molecule has 5 nitrogen and oxygen atoms in total. The summed E-state index contributed by atoms with van der Waals surface area (Å²) in [5.41, 5.74) is 0.799. The second kappa shape index (κ2) is 5.26. The Morgan fingerprint density at radius 2 is 1.90 bits per heavy atom. The maximum Gasteiger partial charge on any atom is 0.306 e. The molecule has 1 aromatic carbocycles. The summed E-state index contributed by atoms with van der Waals surface area (Å²) >= 11 is 3.30. The zero-order chi connectivity index (χ0) is 15.1. The third-order valence-corrected chi connectivity index (χ3v) is 4.73. The van der Waals surface area contributed by atoms with Crippen LogP contribution in [0.5, 0.6) is 0 Å². The molecule has 21 heavy (non-hydrogen) atoms. The Bertz CT molecular complexity index is 643. The van der Waals surface area contributed by atoms with Crippen LogP contribution in [-0.4, -0.2) is 33.8 Å². The summed E-state index contributed by atoms with van der Waals surface area (Å²) in [4.78, 5) is 37.3. The van der Waals surface area contributed by atoms with Gasteiger partial charge >= 0.3 is 5.97 Å². The summed E-state index contributed by atoms with van der Waals surface area (Å²) in [6, 6.07) is 4.70. The number of nitrogens with zero attached hydrogens (tertiary/aromatic N) is 1. The van der Waals surface area contributed by atoms with Crippen molar-refractivity contribution in [2.75, 3.05) is 0 Å². The summed E-state index contributed by atoms with van der Waals surface area (Å²) in [5, 5.41) is 9.15. The van der Waals surface area contributed by atoms with Crippen LogP contribution in [0.2, 0.25) is 0 Å². The van der Waals surface area contributed by atoms with Gasteiger partial charge in [-0.25, -0.2) is 0 Å². The van der Waals surface area contributed by atoms with Crippen LogP contribution in [0, 0.1) is 5.92 Å². The molecular formula is C15H14BrNO4. The molecule has 110 valence electrons. The average molecular weight is 352 g/mol. The van der Waals surface area contributed by atoms with E-state index in [0.717, 1.165) is 10.9 Å². The zero-order valence-corrected chi connectivity index (χ0v) is 12.8. The van der Waals surface area contributed by atoms with Gasteiger partial charge in [-0.05, 0) is 37.5 Å². The maximum absolute atomic E-state index is 12.5. The first-order valence-electron chi connectivity index (χ1n) is 6.89. The van der Waals surface area contributed by atoms with Crippen molar-refractivity contribution in [3.63, 3.8) is 0 Å². The van der Waals surface area contributed by atoms with Crippen molar-refractivity contribution in [2.45, 2.75) is 31.7 Å². The van der Waals surface area contributed by atoms with Crippen LogP contribution >= 0.6 is 15.9 Å². The highest BCUT2D eigenvalue weighted by molar-refractivity contribution is 9.10. The van der Waals surface area contributed by atoms with E-state index in [1.165, 1.54) is 4.90 Å². The molecule has 0 saturated heterocycles. The van der Waals surface area contributed by atoms with Gasteiger partial charge in [0.2, 0.25) is 0 Å². The fraction of sp³-hybridized carbons (Fsp3) is 0.400. The highest BCUT2D eigenvalue weighted by Gasteiger charge is 2.42. The lowest BCUT2D eigenvalue weighted by Gasteiger charge is -2.32. The lowest BCUT2D eigenvalue weighted by atomic mass is 9.85. The molecule has 0 aromatic heterocycles. The molecule has 0 spiro atoms. The Balaban J connectivity index is 1.89. The van der Waals surface area contributed by atoms with Crippen LogP contribution in [0.15, 0.2) is 22.7 Å². The molecule has 1 aromatic rings. The molecule has 0 bridgehead atoms. The molecule has 2 aliphatic rings. The standard InChI is InChI=1S/C15H14BrNO4/c16-9-4-5-11-12(7-9)14(19)17(13(11)18)10-3-1-2-8(6-10)15(20)21/h4-5,7-8,10H,1-3,6H2,(H,20,21). The predicted molar refractivity (Wildman–Crippen MR) is 78.0 cm³/mol. The number of carboxylic acids is 1. The summed E-state index contributed by atoms with van der Waals surface area (Å²) in [7, 11) is 0. The van der Waals surface area contributed by atoms with E-state index in [1.54, 1.807) is 18.2 Å². The number of amides is 2. The number of hydrogen-bond acceptors (Lipinski definition) is 3. The third-order valence-electron chi connectivity index (χ3n) is 4.24. The molecule has 2 atom stereocenters. The van der Waals surface area contributed by atoms with Gasteiger partial charge in [0.05, 0.1) is 17.0 Å². The minimum absolute atomic E-state index is 0.307. The van der Waals surface area contributed by atoms with E-state index >= 15 is 0 Å². The smallest absolute Gasteiger partial charge is 0.306 e. The Morgan fingerprint density at radius 3 is 2.62 bits per heavy atom. The maximum atomic E-state index is 12.5. The monoisotopic (exact) mass is 351 g/mol. The van der Waals surface area contributed by atoms with E-state index in [2.05, 4.69) is 15.9 Å². The van der Waals surface area contributed by atoms with Gasteiger partial charge in [-0.15, -0.1) is 0 Å². The van der Waals surface area contributed by atoms with Crippen molar-refractivity contribution in [3.05, 3.63) is 33.8 Å². The Kier molecular flexibility index (Phi) is 3.57. The average Bonchev–Trinajstić information content (AvgIpc) is 2.70. The van der Waals surface area contributed by atoms with Gasteiger partial charge in [0.1, 0.15) is 0 Å². The second-order valence-corrected chi connectivity index (χ2v) is 6.44. The van der Waals surface area contributed by atoms with Crippen molar-refractivity contribution in [1.82, 2.24) is 4.90 Å². The molecule has 2 amide bonds. The molecule has 1 heterocycles. The molecule has 1 fully saturated rings. The number of hydrogen-bond donors (Lipinski definition) is 1. The van der Waals surface area contributed by atoms with E-state index in [-0.39, 0.29) is 17.9 Å².